The summed E-state index contributed by atoms with van der Waals surface area (Å²) in [5, 5.41) is 1.24. The second-order valence-electron chi connectivity index (χ2n) is 9.28. The molecule has 3 aromatic carbocycles. The summed E-state index contributed by atoms with van der Waals surface area (Å²) < 4.78 is 0. The van der Waals surface area contributed by atoms with Gasteiger partial charge in [0.05, 0.1) is 11.7 Å². The van der Waals surface area contributed by atoms with Crippen LogP contribution in [0.2, 0.25) is 0 Å². The van der Waals surface area contributed by atoms with Crippen LogP contribution in [0.1, 0.15) is 42.9 Å². The lowest BCUT2D eigenvalue weighted by molar-refractivity contribution is -0.133. The van der Waals surface area contributed by atoms with Gasteiger partial charge >= 0.3 is 0 Å². The third kappa shape index (κ3) is 3.15. The third-order valence-electron chi connectivity index (χ3n) is 7.46. The molecule has 0 unspecified atom stereocenters. The van der Waals surface area contributed by atoms with Crippen LogP contribution in [0, 0.1) is 11.8 Å². The summed E-state index contributed by atoms with van der Waals surface area (Å²) in [6, 6.07) is 29.7. The van der Waals surface area contributed by atoms with Crippen molar-refractivity contribution in [3.8, 4) is 11.3 Å². The molecule has 1 saturated heterocycles. The van der Waals surface area contributed by atoms with E-state index in [-0.39, 0.29) is 12.0 Å². The quantitative estimate of drug-likeness (QED) is 0.391. The van der Waals surface area contributed by atoms with Crippen LogP contribution >= 0.6 is 0 Å². The van der Waals surface area contributed by atoms with Crippen LogP contribution in [0.15, 0.2) is 84.9 Å². The van der Waals surface area contributed by atoms with Crippen LogP contribution in [0.25, 0.3) is 22.2 Å². The Morgan fingerprint density at radius 3 is 2.31 bits per heavy atom. The predicted octanol–water partition coefficient (Wildman–Crippen LogP) is 6.72. The molecule has 1 saturated carbocycles. The van der Waals surface area contributed by atoms with Crippen molar-refractivity contribution in [2.45, 2.75) is 38.3 Å². The van der Waals surface area contributed by atoms with Crippen molar-refractivity contribution in [2.24, 2.45) is 11.8 Å². The highest BCUT2D eigenvalue weighted by atomic mass is 16.2. The monoisotopic (exact) mass is 420 g/mol. The normalized spacial score (nSPS) is 22.9. The highest BCUT2D eigenvalue weighted by molar-refractivity contribution is 5.93. The molecule has 3 nitrogen and oxygen atoms in total. The minimum absolute atomic E-state index is 0.0966. The van der Waals surface area contributed by atoms with Crippen molar-refractivity contribution in [2.75, 3.05) is 0 Å². The molecule has 0 spiro atoms. The summed E-state index contributed by atoms with van der Waals surface area (Å²) in [5.41, 5.74) is 5.99. The molecule has 6 rings (SSSR count). The van der Waals surface area contributed by atoms with E-state index in [1.165, 1.54) is 28.5 Å². The largest absolute Gasteiger partial charge is 0.354 e. The molecule has 1 amide bonds. The SMILES string of the molecule is O=C1[C@@H]2CCCC[C@@H]2[C@@H](c2c(-c3ccccc3)[nH]c3ccccc23)N1Cc1ccccc1. The van der Waals surface area contributed by atoms with Gasteiger partial charge in [-0.1, -0.05) is 91.7 Å². The lowest BCUT2D eigenvalue weighted by atomic mass is 9.76. The first-order chi connectivity index (χ1) is 15.8. The molecular weight excluding hydrogens is 392 g/mol. The maximum atomic E-state index is 13.7. The Bertz CT molecular complexity index is 1240. The number of para-hydroxylation sites is 1. The number of H-pyrrole nitrogens is 1. The number of amides is 1. The number of aromatic amines is 1. The van der Waals surface area contributed by atoms with Crippen molar-refractivity contribution in [1.82, 2.24) is 9.88 Å². The van der Waals surface area contributed by atoms with Gasteiger partial charge in [0.2, 0.25) is 5.91 Å². The molecule has 2 aliphatic rings. The van der Waals surface area contributed by atoms with Crippen molar-refractivity contribution in [3.05, 3.63) is 96.1 Å². The van der Waals surface area contributed by atoms with E-state index in [0.717, 1.165) is 30.5 Å². The van der Waals surface area contributed by atoms with Crippen molar-refractivity contribution in [1.29, 1.82) is 0 Å². The summed E-state index contributed by atoms with van der Waals surface area (Å²) in [6.07, 6.45) is 4.53. The lowest BCUT2D eigenvalue weighted by Crippen LogP contribution is -2.29. The van der Waals surface area contributed by atoms with Crippen LogP contribution in [0.5, 0.6) is 0 Å². The van der Waals surface area contributed by atoms with E-state index >= 15 is 0 Å². The van der Waals surface area contributed by atoms with Crippen LogP contribution in [-0.4, -0.2) is 15.8 Å². The minimum atomic E-state index is 0.0966. The molecule has 160 valence electrons. The molecular formula is C29H28N2O. The van der Waals surface area contributed by atoms with Crippen LogP contribution in [0.4, 0.5) is 0 Å². The Labute approximate surface area is 189 Å². The van der Waals surface area contributed by atoms with E-state index in [1.807, 2.05) is 6.07 Å². The van der Waals surface area contributed by atoms with Gasteiger partial charge in [-0.25, -0.2) is 0 Å². The zero-order valence-corrected chi connectivity index (χ0v) is 18.2. The number of nitrogens with one attached hydrogen (secondary N) is 1. The van der Waals surface area contributed by atoms with Crippen molar-refractivity contribution in [3.63, 3.8) is 0 Å². The topological polar surface area (TPSA) is 36.1 Å². The summed E-state index contributed by atoms with van der Waals surface area (Å²) in [5.74, 6) is 0.865. The second kappa shape index (κ2) is 7.98. The summed E-state index contributed by atoms with van der Waals surface area (Å²) >= 11 is 0. The average molecular weight is 421 g/mol. The average Bonchev–Trinajstić information content (AvgIpc) is 3.36. The molecule has 3 heteroatoms. The molecule has 32 heavy (non-hydrogen) atoms. The maximum absolute atomic E-state index is 13.7. The number of hydrogen-bond acceptors (Lipinski definition) is 1. The van der Waals surface area contributed by atoms with Gasteiger partial charge in [0.25, 0.3) is 0 Å². The predicted molar refractivity (Wildman–Crippen MR) is 129 cm³/mol. The first-order valence-corrected chi connectivity index (χ1v) is 11.8. The fraction of sp³-hybridized carbons (Fsp3) is 0.276. The Kier molecular flexibility index (Phi) is 4.83. The van der Waals surface area contributed by atoms with E-state index in [0.29, 0.717) is 18.4 Å². The van der Waals surface area contributed by atoms with Gasteiger partial charge in [-0.3, -0.25) is 4.79 Å². The summed E-state index contributed by atoms with van der Waals surface area (Å²) in [4.78, 5) is 19.7. The molecule has 0 bridgehead atoms. The summed E-state index contributed by atoms with van der Waals surface area (Å²) in [7, 11) is 0. The molecule has 3 atom stereocenters. The van der Waals surface area contributed by atoms with E-state index in [4.69, 9.17) is 0 Å². The smallest absolute Gasteiger partial charge is 0.226 e. The Hall–Kier alpha value is -3.33. The van der Waals surface area contributed by atoms with Gasteiger partial charge in [-0.05, 0) is 36.0 Å². The molecule has 4 aromatic rings. The fourth-order valence-electron chi connectivity index (χ4n) is 6.05. The van der Waals surface area contributed by atoms with Gasteiger partial charge < -0.3 is 9.88 Å². The van der Waals surface area contributed by atoms with Crippen LogP contribution < -0.4 is 0 Å². The highest BCUT2D eigenvalue weighted by Gasteiger charge is 2.50. The van der Waals surface area contributed by atoms with Gasteiger partial charge in [-0.2, -0.15) is 0 Å². The molecule has 1 aliphatic carbocycles. The standard InChI is InChI=1S/C29H28N2O/c32-29-23-16-8-7-15-22(23)28(31(29)19-20-11-3-1-4-12-20)26-24-17-9-10-18-25(24)30-27(26)21-13-5-2-6-14-21/h1-6,9-14,17-18,22-23,28,30H,7-8,15-16,19H2/t22-,23+,28-/m0/s1. The first-order valence-electron chi connectivity index (χ1n) is 11.8. The maximum Gasteiger partial charge on any atom is 0.226 e. The third-order valence-corrected chi connectivity index (χ3v) is 7.46. The number of benzene rings is 3. The van der Waals surface area contributed by atoms with E-state index in [2.05, 4.69) is 88.7 Å². The second-order valence-corrected chi connectivity index (χ2v) is 9.28. The number of carbonyl (C=O) groups is 1. The van der Waals surface area contributed by atoms with Gasteiger partial charge in [0.15, 0.2) is 0 Å². The Morgan fingerprint density at radius 1 is 0.812 bits per heavy atom. The molecule has 1 N–H and O–H groups in total. The Balaban J connectivity index is 1.55. The molecule has 2 heterocycles. The number of nitrogens with zero attached hydrogens (tertiary/aromatic N) is 1. The van der Waals surface area contributed by atoms with E-state index in [9.17, 15) is 4.79 Å². The Morgan fingerprint density at radius 2 is 1.50 bits per heavy atom. The van der Waals surface area contributed by atoms with Gasteiger partial charge in [-0.15, -0.1) is 0 Å². The number of carbonyl (C=O) groups excluding carboxylic acids is 1. The van der Waals surface area contributed by atoms with Crippen molar-refractivity contribution < 1.29 is 4.79 Å². The number of aromatic nitrogens is 1. The number of fused-ring (bicyclic) bond motifs is 2. The molecule has 1 aromatic heterocycles. The van der Waals surface area contributed by atoms with Gasteiger partial charge in [0.1, 0.15) is 0 Å². The van der Waals surface area contributed by atoms with Crippen LogP contribution in [0.3, 0.4) is 0 Å². The lowest BCUT2D eigenvalue weighted by Gasteiger charge is -2.31. The number of rotatable bonds is 4. The highest BCUT2D eigenvalue weighted by Crippen LogP contribution is 2.52. The van der Waals surface area contributed by atoms with Crippen molar-refractivity contribution >= 4 is 16.8 Å². The van der Waals surface area contributed by atoms with Gasteiger partial charge in [0, 0.05) is 28.9 Å². The number of hydrogen-bond donors (Lipinski definition) is 1. The molecule has 2 fully saturated rings. The molecule has 1 aliphatic heterocycles. The van der Waals surface area contributed by atoms with E-state index < -0.39 is 0 Å². The zero-order chi connectivity index (χ0) is 21.5. The minimum Gasteiger partial charge on any atom is -0.354 e. The molecule has 0 radical (unpaired) electrons. The first kappa shape index (κ1) is 19.4. The van der Waals surface area contributed by atoms with Crippen LogP contribution in [-0.2, 0) is 11.3 Å². The summed E-state index contributed by atoms with van der Waals surface area (Å²) in [6.45, 7) is 0.672. The number of likely N-dealkylation sites (tertiary alicyclic amines) is 1. The fourth-order valence-corrected chi connectivity index (χ4v) is 6.05. The zero-order valence-electron chi connectivity index (χ0n) is 18.2. The van der Waals surface area contributed by atoms with E-state index in [1.54, 1.807) is 0 Å².